The first-order valence-corrected chi connectivity index (χ1v) is 7.48. The molecule has 18 heavy (non-hydrogen) atoms. The minimum absolute atomic E-state index is 0.447. The van der Waals surface area contributed by atoms with Crippen LogP contribution in [0.15, 0.2) is 0 Å². The van der Waals surface area contributed by atoms with Crippen LogP contribution in [0.1, 0.15) is 68.6 Å². The maximum atomic E-state index is 4.80. The molecule has 4 heteroatoms. The summed E-state index contributed by atoms with van der Waals surface area (Å²) in [4.78, 5) is 4.80. The highest BCUT2D eigenvalue weighted by Gasteiger charge is 2.38. The Balaban J connectivity index is 1.56. The topological polar surface area (TPSA) is 42.7 Å². The number of fused-ring (bicyclic) bond motifs is 1. The van der Waals surface area contributed by atoms with Gasteiger partial charge in [0.1, 0.15) is 5.82 Å². The van der Waals surface area contributed by atoms with E-state index in [4.69, 9.17) is 4.98 Å². The third-order valence-electron chi connectivity index (χ3n) is 4.93. The summed E-state index contributed by atoms with van der Waals surface area (Å²) < 4.78 is 2.02. The van der Waals surface area contributed by atoms with Crippen molar-refractivity contribution in [1.82, 2.24) is 20.1 Å². The second-order valence-corrected chi connectivity index (χ2v) is 6.33. The molecule has 3 fully saturated rings. The van der Waals surface area contributed by atoms with Gasteiger partial charge < -0.3 is 5.32 Å². The van der Waals surface area contributed by atoms with E-state index < -0.39 is 0 Å². The van der Waals surface area contributed by atoms with Crippen molar-refractivity contribution < 1.29 is 0 Å². The first kappa shape index (κ1) is 11.0. The van der Waals surface area contributed by atoms with Crippen molar-refractivity contribution in [2.45, 2.75) is 62.9 Å². The van der Waals surface area contributed by atoms with E-state index in [-0.39, 0.29) is 0 Å². The fourth-order valence-electron chi connectivity index (χ4n) is 3.75. The second-order valence-electron chi connectivity index (χ2n) is 6.33. The van der Waals surface area contributed by atoms with Gasteiger partial charge in [-0.1, -0.05) is 12.8 Å². The summed E-state index contributed by atoms with van der Waals surface area (Å²) in [5.41, 5.74) is 0. The van der Waals surface area contributed by atoms with E-state index in [2.05, 4.69) is 17.5 Å². The molecule has 2 aliphatic carbocycles. The van der Waals surface area contributed by atoms with Gasteiger partial charge in [0.2, 0.25) is 0 Å². The molecule has 0 radical (unpaired) electrons. The van der Waals surface area contributed by atoms with Crippen LogP contribution in [-0.2, 0) is 7.05 Å². The van der Waals surface area contributed by atoms with Crippen LogP contribution < -0.4 is 5.32 Å². The summed E-state index contributed by atoms with van der Waals surface area (Å²) >= 11 is 0. The van der Waals surface area contributed by atoms with E-state index in [9.17, 15) is 0 Å². The number of nitrogens with zero attached hydrogens (tertiary/aromatic N) is 3. The average molecular weight is 246 g/mol. The van der Waals surface area contributed by atoms with Crippen molar-refractivity contribution in [3.63, 3.8) is 0 Å². The molecule has 4 rings (SSSR count). The molecule has 0 amide bonds. The van der Waals surface area contributed by atoms with E-state index in [1.165, 1.54) is 50.8 Å². The number of aromatic nitrogens is 3. The van der Waals surface area contributed by atoms with Crippen molar-refractivity contribution in [3.8, 4) is 0 Å². The summed E-state index contributed by atoms with van der Waals surface area (Å²) in [6, 6.07) is 1.19. The van der Waals surface area contributed by atoms with Crippen molar-refractivity contribution in [3.05, 3.63) is 11.6 Å². The van der Waals surface area contributed by atoms with Crippen LogP contribution in [0.5, 0.6) is 0 Å². The van der Waals surface area contributed by atoms with Crippen LogP contribution in [0.3, 0.4) is 0 Å². The monoisotopic (exact) mass is 246 g/mol. The molecule has 1 N–H and O–H groups in total. The normalized spacial score (nSPS) is 35.7. The van der Waals surface area contributed by atoms with Gasteiger partial charge >= 0.3 is 0 Å². The molecule has 0 spiro atoms. The standard InChI is InChI=1S/C14H22N4/c1-18-14(16-13(17-18)9-6-7-9)12-8-10-4-2-3-5-11(10)15-12/h9-12,15H,2-8H2,1H3. The minimum atomic E-state index is 0.447. The molecule has 1 aromatic rings. The van der Waals surface area contributed by atoms with Gasteiger partial charge in [0.15, 0.2) is 5.82 Å². The lowest BCUT2D eigenvalue weighted by Gasteiger charge is -2.24. The SMILES string of the molecule is Cn1nc(C2CC2)nc1C1CC2CCCCC2N1. The molecule has 3 atom stereocenters. The Morgan fingerprint density at radius 1 is 1.17 bits per heavy atom. The van der Waals surface area contributed by atoms with Crippen LogP contribution in [-0.4, -0.2) is 20.8 Å². The molecule has 3 aliphatic rings. The van der Waals surface area contributed by atoms with Crippen LogP contribution in [0.2, 0.25) is 0 Å². The predicted octanol–water partition coefficient (Wildman–Crippen LogP) is 2.29. The third-order valence-corrected chi connectivity index (χ3v) is 4.93. The molecule has 2 saturated carbocycles. The Morgan fingerprint density at radius 3 is 2.78 bits per heavy atom. The molecule has 0 aromatic carbocycles. The maximum Gasteiger partial charge on any atom is 0.154 e. The summed E-state index contributed by atoms with van der Waals surface area (Å²) in [6.45, 7) is 0. The van der Waals surface area contributed by atoms with Crippen LogP contribution >= 0.6 is 0 Å². The lowest BCUT2D eigenvalue weighted by molar-refractivity contribution is 0.325. The Bertz CT molecular complexity index is 435. The highest BCUT2D eigenvalue weighted by Crippen LogP contribution is 2.41. The number of hydrogen-bond donors (Lipinski definition) is 1. The zero-order chi connectivity index (χ0) is 12.1. The third kappa shape index (κ3) is 1.78. The van der Waals surface area contributed by atoms with Gasteiger partial charge in [-0.3, -0.25) is 4.68 Å². The van der Waals surface area contributed by atoms with Gasteiger partial charge in [0.05, 0.1) is 6.04 Å². The van der Waals surface area contributed by atoms with Crippen LogP contribution in [0.4, 0.5) is 0 Å². The molecule has 3 unspecified atom stereocenters. The number of hydrogen-bond acceptors (Lipinski definition) is 3. The van der Waals surface area contributed by atoms with E-state index in [1.807, 2.05) is 4.68 Å². The zero-order valence-electron chi connectivity index (χ0n) is 11.1. The quantitative estimate of drug-likeness (QED) is 0.870. The van der Waals surface area contributed by atoms with Gasteiger partial charge in [-0.05, 0) is 38.0 Å². The van der Waals surface area contributed by atoms with E-state index >= 15 is 0 Å². The summed E-state index contributed by atoms with van der Waals surface area (Å²) in [7, 11) is 2.05. The highest BCUT2D eigenvalue weighted by atomic mass is 15.4. The Hall–Kier alpha value is -0.900. The van der Waals surface area contributed by atoms with Crippen LogP contribution in [0.25, 0.3) is 0 Å². The fourth-order valence-corrected chi connectivity index (χ4v) is 3.75. The van der Waals surface area contributed by atoms with E-state index in [0.29, 0.717) is 12.0 Å². The lowest BCUT2D eigenvalue weighted by atomic mass is 9.85. The zero-order valence-corrected chi connectivity index (χ0v) is 11.1. The maximum absolute atomic E-state index is 4.80. The van der Waals surface area contributed by atoms with Crippen LogP contribution in [0, 0.1) is 5.92 Å². The smallest absolute Gasteiger partial charge is 0.154 e. The first-order valence-electron chi connectivity index (χ1n) is 7.48. The lowest BCUT2D eigenvalue weighted by Crippen LogP contribution is -2.31. The second kappa shape index (κ2) is 4.05. The predicted molar refractivity (Wildman–Crippen MR) is 69.2 cm³/mol. The van der Waals surface area contributed by atoms with E-state index in [1.54, 1.807) is 0 Å². The summed E-state index contributed by atoms with van der Waals surface area (Å²) in [5.74, 6) is 3.80. The first-order chi connectivity index (χ1) is 8.81. The molecule has 0 bridgehead atoms. The molecule has 4 nitrogen and oxygen atoms in total. The van der Waals surface area contributed by atoms with E-state index in [0.717, 1.165) is 17.8 Å². The molecular formula is C14H22N4. The van der Waals surface area contributed by atoms with Gasteiger partial charge in [0.25, 0.3) is 0 Å². The number of rotatable bonds is 2. The van der Waals surface area contributed by atoms with Gasteiger partial charge in [-0.2, -0.15) is 5.10 Å². The van der Waals surface area contributed by atoms with Gasteiger partial charge in [0, 0.05) is 19.0 Å². The van der Waals surface area contributed by atoms with Gasteiger partial charge in [-0.25, -0.2) is 4.98 Å². The number of aryl methyl sites for hydroxylation is 1. The Kier molecular flexibility index (Phi) is 2.47. The number of nitrogens with one attached hydrogen (secondary N) is 1. The van der Waals surface area contributed by atoms with Crippen molar-refractivity contribution in [2.24, 2.45) is 13.0 Å². The molecule has 1 aromatic heterocycles. The summed E-state index contributed by atoms with van der Waals surface area (Å²) in [6.07, 6.45) is 9.41. The van der Waals surface area contributed by atoms with Crippen molar-refractivity contribution in [2.75, 3.05) is 0 Å². The molecule has 1 aliphatic heterocycles. The van der Waals surface area contributed by atoms with Crippen molar-refractivity contribution >= 4 is 0 Å². The molecule has 2 heterocycles. The Labute approximate surface area is 108 Å². The average Bonchev–Trinajstić information content (AvgIpc) is 3.01. The van der Waals surface area contributed by atoms with Crippen molar-refractivity contribution in [1.29, 1.82) is 0 Å². The Morgan fingerprint density at radius 2 is 2.00 bits per heavy atom. The highest BCUT2D eigenvalue weighted by molar-refractivity contribution is 5.10. The minimum Gasteiger partial charge on any atom is -0.304 e. The summed E-state index contributed by atoms with van der Waals surface area (Å²) in [5, 5.41) is 8.40. The largest absolute Gasteiger partial charge is 0.304 e. The molecule has 1 saturated heterocycles. The van der Waals surface area contributed by atoms with Gasteiger partial charge in [-0.15, -0.1) is 0 Å². The molecular weight excluding hydrogens is 224 g/mol. The molecule has 98 valence electrons. The fraction of sp³-hybridized carbons (Fsp3) is 0.857.